The number of alkyl halides is 3. The van der Waals surface area contributed by atoms with Gasteiger partial charge in [0.05, 0.1) is 0 Å². The van der Waals surface area contributed by atoms with Crippen molar-refractivity contribution < 1.29 is 35.5 Å². The molecule has 192 valence electrons. The molecule has 1 atom stereocenters. The average molecular weight is 510 g/mol. The molecule has 3 aromatic rings. The van der Waals surface area contributed by atoms with Gasteiger partial charge < -0.3 is 4.74 Å². The van der Waals surface area contributed by atoms with Gasteiger partial charge >= 0.3 is 6.18 Å². The van der Waals surface area contributed by atoms with Crippen LogP contribution in [0.2, 0.25) is 0 Å². The lowest BCUT2D eigenvalue weighted by Crippen LogP contribution is -2.32. The predicted octanol–water partition coefficient (Wildman–Crippen LogP) is 8.86. The molecule has 0 aromatic heterocycles. The van der Waals surface area contributed by atoms with E-state index in [1.54, 1.807) is 6.07 Å². The van der Waals surface area contributed by atoms with E-state index in [4.69, 9.17) is 0 Å². The summed E-state index contributed by atoms with van der Waals surface area (Å²) in [6.07, 6.45) is -5.05. The Labute approximate surface area is 205 Å². The molecule has 0 fully saturated rings. The molecule has 1 nitrogen and oxygen atoms in total. The van der Waals surface area contributed by atoms with E-state index < -0.39 is 47.6 Å². The van der Waals surface area contributed by atoms with Crippen molar-refractivity contribution in [2.45, 2.75) is 44.9 Å². The fourth-order valence-corrected chi connectivity index (χ4v) is 3.76. The molecule has 0 spiro atoms. The van der Waals surface area contributed by atoms with E-state index >= 15 is 0 Å². The number of hydrogen-bond donors (Lipinski definition) is 0. The third kappa shape index (κ3) is 6.55. The Balaban J connectivity index is 1.81. The third-order valence-corrected chi connectivity index (χ3v) is 5.86. The molecule has 0 amide bonds. The van der Waals surface area contributed by atoms with Gasteiger partial charge in [-0.2, -0.15) is 13.2 Å². The topological polar surface area (TPSA) is 9.23 Å². The molecular weight excluding hydrogens is 485 g/mol. The Kier molecular flexibility index (Phi) is 8.95. The van der Waals surface area contributed by atoms with Crippen LogP contribution in [0.1, 0.15) is 42.0 Å². The maximum Gasteiger partial charge on any atom is 0.414 e. The second-order valence-corrected chi connectivity index (χ2v) is 8.40. The zero-order valence-electron chi connectivity index (χ0n) is 19.7. The van der Waals surface area contributed by atoms with Gasteiger partial charge in [0.25, 0.3) is 0 Å². The first-order valence-corrected chi connectivity index (χ1v) is 11.4. The first-order valence-electron chi connectivity index (χ1n) is 11.4. The zero-order chi connectivity index (χ0) is 26.5. The zero-order valence-corrected chi connectivity index (χ0v) is 19.7. The number of rotatable bonds is 9. The summed E-state index contributed by atoms with van der Waals surface area (Å²) in [4.78, 5) is 0. The van der Waals surface area contributed by atoms with E-state index in [0.29, 0.717) is 17.2 Å². The largest absolute Gasteiger partial charge is 0.414 e. The van der Waals surface area contributed by atoms with Crippen LogP contribution in [0.3, 0.4) is 0 Å². The fraction of sp³-hybridized carbons (Fsp3) is 0.286. The van der Waals surface area contributed by atoms with Gasteiger partial charge in [0.2, 0.25) is 0 Å². The van der Waals surface area contributed by atoms with Crippen molar-refractivity contribution in [3.8, 4) is 11.1 Å². The molecule has 0 N–H and O–H groups in total. The first-order chi connectivity index (χ1) is 17.0. The van der Waals surface area contributed by atoms with Crippen molar-refractivity contribution >= 4 is 11.7 Å². The molecule has 36 heavy (non-hydrogen) atoms. The highest BCUT2D eigenvalue weighted by Crippen LogP contribution is 2.33. The Hall–Kier alpha value is -3.13. The minimum atomic E-state index is -4.71. The highest BCUT2D eigenvalue weighted by atomic mass is 19.4. The lowest BCUT2D eigenvalue weighted by molar-refractivity contribution is -0.212. The molecule has 0 aliphatic heterocycles. The second-order valence-electron chi connectivity index (χ2n) is 8.40. The number of aryl methyl sites for hydroxylation is 1. The van der Waals surface area contributed by atoms with Gasteiger partial charge in [-0.3, -0.25) is 0 Å². The molecule has 0 aliphatic carbocycles. The van der Waals surface area contributed by atoms with Crippen molar-refractivity contribution in [2.24, 2.45) is 0 Å². The SMILES string of the molecule is CCCCc1ccc(-c2ccc(/C(F)=C(/F)c3ccc(CC(OC)C(F)(F)F)c(F)c3)cc2)c(F)c1. The Bertz CT molecular complexity index is 1210. The van der Waals surface area contributed by atoms with Crippen LogP contribution < -0.4 is 0 Å². The van der Waals surface area contributed by atoms with E-state index in [9.17, 15) is 30.7 Å². The third-order valence-electron chi connectivity index (χ3n) is 5.86. The van der Waals surface area contributed by atoms with Gasteiger partial charge in [-0.15, -0.1) is 0 Å². The van der Waals surface area contributed by atoms with Crippen LogP contribution in [-0.2, 0) is 17.6 Å². The summed E-state index contributed by atoms with van der Waals surface area (Å²) >= 11 is 0. The summed E-state index contributed by atoms with van der Waals surface area (Å²) < 4.78 is 101. The van der Waals surface area contributed by atoms with Gasteiger partial charge in [-0.05, 0) is 41.7 Å². The minimum absolute atomic E-state index is 0.155. The van der Waals surface area contributed by atoms with Gasteiger partial charge in [-0.25, -0.2) is 17.6 Å². The number of unbranched alkanes of at least 4 members (excludes halogenated alkanes) is 1. The molecule has 0 bridgehead atoms. The van der Waals surface area contributed by atoms with Crippen LogP contribution >= 0.6 is 0 Å². The van der Waals surface area contributed by atoms with Crippen molar-refractivity contribution in [1.29, 1.82) is 0 Å². The average Bonchev–Trinajstić information content (AvgIpc) is 2.85. The predicted molar refractivity (Wildman–Crippen MR) is 126 cm³/mol. The summed E-state index contributed by atoms with van der Waals surface area (Å²) in [7, 11) is 0.852. The number of halogens is 7. The summed E-state index contributed by atoms with van der Waals surface area (Å²) in [6.45, 7) is 2.05. The Morgan fingerprint density at radius 3 is 2.03 bits per heavy atom. The van der Waals surface area contributed by atoms with E-state index in [0.717, 1.165) is 44.1 Å². The van der Waals surface area contributed by atoms with Crippen molar-refractivity contribution in [3.05, 3.63) is 94.6 Å². The molecule has 0 saturated heterocycles. The van der Waals surface area contributed by atoms with Crippen LogP contribution in [-0.4, -0.2) is 19.4 Å². The standard InChI is InChI=1S/C28H25F7O/c1-3-4-5-17-6-13-22(24(30)14-17)18-7-9-19(10-8-18)26(31)27(32)21-12-11-20(23(29)15-21)16-25(36-2)28(33,34)35/h6-15,25H,3-5,16H2,1-2H3/b27-26-. The summed E-state index contributed by atoms with van der Waals surface area (Å²) in [5, 5.41) is 0. The Morgan fingerprint density at radius 1 is 0.833 bits per heavy atom. The van der Waals surface area contributed by atoms with E-state index in [2.05, 4.69) is 4.74 Å². The van der Waals surface area contributed by atoms with Gasteiger partial charge in [0.1, 0.15) is 11.6 Å². The summed E-state index contributed by atoms with van der Waals surface area (Å²) in [5.74, 6) is -4.20. The molecule has 8 heteroatoms. The number of benzene rings is 3. The smallest absolute Gasteiger partial charge is 0.372 e. The summed E-state index contributed by atoms with van der Waals surface area (Å²) in [6, 6.07) is 12.9. The van der Waals surface area contributed by atoms with Gasteiger partial charge in [0.15, 0.2) is 17.8 Å². The van der Waals surface area contributed by atoms with Gasteiger partial charge in [-0.1, -0.05) is 61.9 Å². The lowest BCUT2D eigenvalue weighted by atomic mass is 9.99. The van der Waals surface area contributed by atoms with E-state index in [1.165, 1.54) is 30.3 Å². The second kappa shape index (κ2) is 11.7. The van der Waals surface area contributed by atoms with Gasteiger partial charge in [0, 0.05) is 30.2 Å². The van der Waals surface area contributed by atoms with Crippen molar-refractivity contribution in [3.63, 3.8) is 0 Å². The summed E-state index contributed by atoms with van der Waals surface area (Å²) in [5.41, 5.74) is 0.699. The molecular formula is C28H25F7O. The Morgan fingerprint density at radius 2 is 1.47 bits per heavy atom. The van der Waals surface area contributed by atoms with Crippen LogP contribution in [0.15, 0.2) is 60.7 Å². The van der Waals surface area contributed by atoms with E-state index in [-0.39, 0.29) is 11.1 Å². The minimum Gasteiger partial charge on any atom is -0.372 e. The van der Waals surface area contributed by atoms with Crippen LogP contribution in [0.5, 0.6) is 0 Å². The number of ether oxygens (including phenoxy) is 1. The first kappa shape index (κ1) is 27.5. The molecule has 3 aromatic carbocycles. The van der Waals surface area contributed by atoms with Crippen molar-refractivity contribution in [2.75, 3.05) is 7.11 Å². The molecule has 0 heterocycles. The molecule has 1 unspecified atom stereocenters. The maximum atomic E-state index is 14.8. The maximum absolute atomic E-state index is 14.8. The van der Waals surface area contributed by atoms with Crippen molar-refractivity contribution in [1.82, 2.24) is 0 Å². The van der Waals surface area contributed by atoms with Crippen LogP contribution in [0.25, 0.3) is 22.8 Å². The highest BCUT2D eigenvalue weighted by Gasteiger charge is 2.40. The molecule has 0 radical (unpaired) electrons. The normalized spacial score (nSPS) is 13.5. The van der Waals surface area contributed by atoms with Crippen LogP contribution in [0, 0.1) is 11.6 Å². The quantitative estimate of drug-likeness (QED) is 0.206. The molecule has 0 saturated carbocycles. The van der Waals surface area contributed by atoms with E-state index in [1.807, 2.05) is 13.0 Å². The number of hydrogen-bond acceptors (Lipinski definition) is 1. The highest BCUT2D eigenvalue weighted by molar-refractivity contribution is 5.83. The van der Waals surface area contributed by atoms with Crippen LogP contribution in [0.4, 0.5) is 30.7 Å². The monoisotopic (exact) mass is 510 g/mol. The molecule has 0 aliphatic rings. The number of methoxy groups -OCH3 is 1. The fourth-order valence-electron chi connectivity index (χ4n) is 3.76. The molecule has 3 rings (SSSR count). The lowest BCUT2D eigenvalue weighted by Gasteiger charge is -2.19.